The molecule has 1 heterocycles. The number of ether oxygens (including phenoxy) is 1. The van der Waals surface area contributed by atoms with Crippen molar-refractivity contribution in [2.24, 2.45) is 0 Å². The summed E-state index contributed by atoms with van der Waals surface area (Å²) < 4.78 is 32.7. The van der Waals surface area contributed by atoms with Crippen LogP contribution in [0.4, 0.5) is 11.4 Å². The zero-order chi connectivity index (χ0) is 19.6. The van der Waals surface area contributed by atoms with Gasteiger partial charge in [-0.3, -0.25) is 4.72 Å². The van der Waals surface area contributed by atoms with Crippen LogP contribution in [-0.2, 0) is 10.0 Å². The zero-order valence-electron chi connectivity index (χ0n) is 15.2. The van der Waals surface area contributed by atoms with Gasteiger partial charge in [-0.15, -0.1) is 0 Å². The summed E-state index contributed by atoms with van der Waals surface area (Å²) in [5.74, 6) is 0.316. The summed E-state index contributed by atoms with van der Waals surface area (Å²) in [7, 11) is -2.07. The molecule has 0 atom stereocenters. The molecule has 4 rings (SSSR count). The Labute approximate surface area is 163 Å². The SMILES string of the molecule is COc1cccc(NS(=O)(=O)CNc2cccc3nc4ccccc4cc23)c1. The van der Waals surface area contributed by atoms with Gasteiger partial charge in [0.15, 0.2) is 0 Å². The summed E-state index contributed by atoms with van der Waals surface area (Å²) in [5, 5.41) is 4.89. The van der Waals surface area contributed by atoms with E-state index in [-0.39, 0.29) is 5.88 Å². The number of nitrogens with zero attached hydrogens (tertiary/aromatic N) is 1. The first kappa shape index (κ1) is 18.1. The minimum Gasteiger partial charge on any atom is -0.497 e. The van der Waals surface area contributed by atoms with Crippen molar-refractivity contribution in [1.29, 1.82) is 0 Å². The van der Waals surface area contributed by atoms with E-state index >= 15 is 0 Å². The minimum atomic E-state index is -3.61. The van der Waals surface area contributed by atoms with Gasteiger partial charge in [0.2, 0.25) is 0 Å². The molecule has 28 heavy (non-hydrogen) atoms. The van der Waals surface area contributed by atoms with Gasteiger partial charge in [-0.25, -0.2) is 13.4 Å². The molecular formula is C21H19N3O3S. The van der Waals surface area contributed by atoms with Crippen molar-refractivity contribution in [2.45, 2.75) is 0 Å². The fourth-order valence-corrected chi connectivity index (χ4v) is 3.93. The Morgan fingerprint density at radius 1 is 0.929 bits per heavy atom. The normalized spacial score (nSPS) is 11.5. The number of aromatic nitrogens is 1. The fourth-order valence-electron chi connectivity index (χ4n) is 3.03. The van der Waals surface area contributed by atoms with Crippen LogP contribution in [0.2, 0.25) is 0 Å². The van der Waals surface area contributed by atoms with Gasteiger partial charge in [0, 0.05) is 22.5 Å². The third-order valence-electron chi connectivity index (χ3n) is 4.36. The summed E-state index contributed by atoms with van der Waals surface area (Å²) in [6.07, 6.45) is 0. The molecule has 0 radical (unpaired) electrons. The number of rotatable bonds is 6. The van der Waals surface area contributed by atoms with Gasteiger partial charge in [-0.2, -0.15) is 0 Å². The molecule has 1 aromatic heterocycles. The van der Waals surface area contributed by atoms with Gasteiger partial charge in [-0.1, -0.05) is 30.3 Å². The Morgan fingerprint density at radius 2 is 1.71 bits per heavy atom. The second kappa shape index (κ2) is 7.36. The van der Waals surface area contributed by atoms with E-state index in [4.69, 9.17) is 4.74 Å². The van der Waals surface area contributed by atoms with Crippen molar-refractivity contribution in [3.05, 3.63) is 72.8 Å². The molecule has 6 nitrogen and oxygen atoms in total. The van der Waals surface area contributed by atoms with Crippen molar-refractivity contribution in [1.82, 2.24) is 4.98 Å². The quantitative estimate of drug-likeness (QED) is 0.480. The number of nitrogens with one attached hydrogen (secondary N) is 2. The lowest BCUT2D eigenvalue weighted by Gasteiger charge is -2.13. The lowest BCUT2D eigenvalue weighted by Crippen LogP contribution is -2.22. The minimum absolute atomic E-state index is 0.268. The second-order valence-electron chi connectivity index (χ2n) is 6.32. The van der Waals surface area contributed by atoms with Gasteiger partial charge in [0.25, 0.3) is 10.0 Å². The maximum Gasteiger partial charge on any atom is 0.250 e. The highest BCUT2D eigenvalue weighted by Gasteiger charge is 2.12. The predicted octanol–water partition coefficient (Wildman–Crippen LogP) is 4.21. The Kier molecular flexibility index (Phi) is 4.75. The molecular weight excluding hydrogens is 374 g/mol. The molecule has 142 valence electrons. The van der Waals surface area contributed by atoms with E-state index < -0.39 is 10.0 Å². The molecule has 0 aliphatic carbocycles. The molecule has 0 aliphatic heterocycles. The van der Waals surface area contributed by atoms with Crippen LogP contribution in [0.15, 0.2) is 72.8 Å². The lowest BCUT2D eigenvalue weighted by atomic mass is 10.1. The van der Waals surface area contributed by atoms with Crippen LogP contribution in [0, 0.1) is 0 Å². The van der Waals surface area contributed by atoms with Gasteiger partial charge in [0.1, 0.15) is 11.6 Å². The van der Waals surface area contributed by atoms with Crippen molar-refractivity contribution in [3.8, 4) is 5.75 Å². The van der Waals surface area contributed by atoms with Crippen molar-refractivity contribution < 1.29 is 13.2 Å². The average Bonchev–Trinajstić information content (AvgIpc) is 2.70. The topological polar surface area (TPSA) is 80.3 Å². The molecule has 3 aromatic carbocycles. The van der Waals surface area contributed by atoms with Gasteiger partial charge < -0.3 is 10.1 Å². The molecule has 7 heteroatoms. The van der Waals surface area contributed by atoms with Crippen LogP contribution in [-0.4, -0.2) is 26.4 Å². The third-order valence-corrected chi connectivity index (χ3v) is 5.43. The number of hydrogen-bond donors (Lipinski definition) is 2. The summed E-state index contributed by atoms with van der Waals surface area (Å²) in [4.78, 5) is 4.65. The van der Waals surface area contributed by atoms with Crippen molar-refractivity contribution in [2.75, 3.05) is 23.0 Å². The van der Waals surface area contributed by atoms with Crippen LogP contribution in [0.1, 0.15) is 0 Å². The Bertz CT molecular complexity index is 1260. The molecule has 4 aromatic rings. The van der Waals surface area contributed by atoms with E-state index in [2.05, 4.69) is 15.0 Å². The Balaban J connectivity index is 1.58. The van der Waals surface area contributed by atoms with Gasteiger partial charge in [-0.05, 0) is 36.4 Å². The highest BCUT2D eigenvalue weighted by molar-refractivity contribution is 7.92. The molecule has 0 bridgehead atoms. The number of sulfonamides is 1. The highest BCUT2D eigenvalue weighted by atomic mass is 32.2. The van der Waals surface area contributed by atoms with E-state index in [9.17, 15) is 8.42 Å². The Hall–Kier alpha value is -3.32. The van der Waals surface area contributed by atoms with E-state index in [1.54, 1.807) is 24.3 Å². The summed E-state index contributed by atoms with van der Waals surface area (Å²) in [5.41, 5.74) is 2.87. The smallest absolute Gasteiger partial charge is 0.250 e. The van der Waals surface area contributed by atoms with Crippen molar-refractivity contribution in [3.63, 3.8) is 0 Å². The predicted molar refractivity (Wildman–Crippen MR) is 113 cm³/mol. The monoisotopic (exact) mass is 393 g/mol. The fraction of sp³-hybridized carbons (Fsp3) is 0.0952. The average molecular weight is 393 g/mol. The van der Waals surface area contributed by atoms with Crippen LogP contribution in [0.25, 0.3) is 21.8 Å². The van der Waals surface area contributed by atoms with Gasteiger partial charge >= 0.3 is 0 Å². The maximum atomic E-state index is 12.5. The molecule has 0 saturated carbocycles. The number of para-hydroxylation sites is 1. The van der Waals surface area contributed by atoms with E-state index in [1.165, 1.54) is 7.11 Å². The molecule has 0 spiro atoms. The summed E-state index contributed by atoms with van der Waals surface area (Å²) >= 11 is 0. The molecule has 0 unspecified atom stereocenters. The molecule has 0 aliphatic rings. The molecule has 0 fully saturated rings. The van der Waals surface area contributed by atoms with E-state index in [0.717, 1.165) is 21.8 Å². The Morgan fingerprint density at radius 3 is 2.57 bits per heavy atom. The lowest BCUT2D eigenvalue weighted by molar-refractivity contribution is 0.415. The molecule has 2 N–H and O–H groups in total. The van der Waals surface area contributed by atoms with Crippen molar-refractivity contribution >= 4 is 43.2 Å². The first-order valence-corrected chi connectivity index (χ1v) is 10.4. The van der Waals surface area contributed by atoms with Crippen LogP contribution >= 0.6 is 0 Å². The maximum absolute atomic E-state index is 12.5. The second-order valence-corrected chi connectivity index (χ2v) is 8.05. The summed E-state index contributed by atoms with van der Waals surface area (Å²) in [6.45, 7) is 0. The first-order valence-electron chi connectivity index (χ1n) is 8.71. The van der Waals surface area contributed by atoms with Gasteiger partial charge in [0.05, 0.1) is 23.8 Å². The molecule has 0 saturated heterocycles. The zero-order valence-corrected chi connectivity index (χ0v) is 16.0. The van der Waals surface area contributed by atoms with Crippen LogP contribution in [0.3, 0.4) is 0 Å². The number of methoxy groups -OCH3 is 1. The highest BCUT2D eigenvalue weighted by Crippen LogP contribution is 2.26. The number of benzene rings is 3. The number of hydrogen-bond acceptors (Lipinski definition) is 5. The largest absolute Gasteiger partial charge is 0.497 e. The number of fused-ring (bicyclic) bond motifs is 2. The standard InChI is InChI=1S/C21H19N3O3S/c1-27-17-8-4-7-16(13-17)24-28(25,26)14-22-20-10-5-11-21-18(20)12-15-6-2-3-9-19(15)23-21/h2-13,22,24H,14H2,1H3. The first-order chi connectivity index (χ1) is 13.5. The number of anilines is 2. The van der Waals surface area contributed by atoms with Crippen LogP contribution < -0.4 is 14.8 Å². The van der Waals surface area contributed by atoms with E-state index in [0.29, 0.717) is 17.1 Å². The number of pyridine rings is 1. The van der Waals surface area contributed by atoms with E-state index in [1.807, 2.05) is 48.5 Å². The van der Waals surface area contributed by atoms with Crippen LogP contribution in [0.5, 0.6) is 5.75 Å². The third kappa shape index (κ3) is 3.84. The molecule has 0 amide bonds. The summed E-state index contributed by atoms with van der Waals surface area (Å²) in [6, 6.07) is 22.3.